The third-order valence-corrected chi connectivity index (χ3v) is 3.86. The molecule has 2 heterocycles. The maximum Gasteiger partial charge on any atom is 0.159 e. The molecule has 0 atom stereocenters. The van der Waals surface area contributed by atoms with Crippen LogP contribution in [0.15, 0.2) is 6.20 Å². The number of hydrogen-bond donors (Lipinski definition) is 0. The van der Waals surface area contributed by atoms with E-state index in [1.165, 1.54) is 0 Å². The Balaban J connectivity index is 2.24. The fourth-order valence-corrected chi connectivity index (χ4v) is 2.94. The van der Waals surface area contributed by atoms with E-state index in [9.17, 15) is 0 Å². The van der Waals surface area contributed by atoms with Crippen molar-refractivity contribution in [1.29, 1.82) is 0 Å². The van der Waals surface area contributed by atoms with Crippen LogP contribution in [0.3, 0.4) is 0 Å². The van der Waals surface area contributed by atoms with Crippen LogP contribution < -0.4 is 0 Å². The molecule has 0 bridgehead atoms. The van der Waals surface area contributed by atoms with Crippen molar-refractivity contribution in [3.8, 4) is 9.88 Å². The standard InChI is InChI=1S/C8H8ClN3S2/c1-5-10-4-6(13-5)8-12-11-7(14-8)2-3-9/h4H,2-3H2,1H3. The first-order valence-corrected chi connectivity index (χ1v) is 6.27. The fourth-order valence-electron chi connectivity index (χ4n) is 0.995. The predicted molar refractivity (Wildman–Crippen MR) is 60.2 cm³/mol. The monoisotopic (exact) mass is 245 g/mol. The van der Waals surface area contributed by atoms with Crippen LogP contribution in [-0.4, -0.2) is 21.1 Å². The molecule has 2 rings (SSSR count). The molecule has 0 aliphatic rings. The van der Waals surface area contributed by atoms with Crippen LogP contribution >= 0.6 is 34.3 Å². The Labute approximate surface area is 94.8 Å². The zero-order valence-electron chi connectivity index (χ0n) is 7.53. The van der Waals surface area contributed by atoms with Gasteiger partial charge in [-0.3, -0.25) is 0 Å². The van der Waals surface area contributed by atoms with Gasteiger partial charge in [-0.1, -0.05) is 11.3 Å². The number of nitrogens with zero attached hydrogens (tertiary/aromatic N) is 3. The largest absolute Gasteiger partial charge is 0.249 e. The van der Waals surface area contributed by atoms with E-state index >= 15 is 0 Å². The number of aryl methyl sites for hydroxylation is 2. The zero-order chi connectivity index (χ0) is 9.97. The Morgan fingerprint density at radius 3 is 2.86 bits per heavy atom. The first-order chi connectivity index (χ1) is 6.79. The van der Waals surface area contributed by atoms with Crippen molar-refractivity contribution in [3.63, 3.8) is 0 Å². The first kappa shape index (κ1) is 10.0. The van der Waals surface area contributed by atoms with Gasteiger partial charge >= 0.3 is 0 Å². The molecule has 6 heteroatoms. The second kappa shape index (κ2) is 4.33. The SMILES string of the molecule is Cc1ncc(-c2nnc(CCCl)s2)s1. The molecular formula is C8H8ClN3S2. The van der Waals surface area contributed by atoms with Crippen LogP contribution in [0.5, 0.6) is 0 Å². The van der Waals surface area contributed by atoms with E-state index in [1.54, 1.807) is 22.7 Å². The Bertz CT molecular complexity index is 424. The zero-order valence-corrected chi connectivity index (χ0v) is 9.92. The van der Waals surface area contributed by atoms with Crippen LogP contribution in [-0.2, 0) is 6.42 Å². The lowest BCUT2D eigenvalue weighted by atomic mass is 10.5. The van der Waals surface area contributed by atoms with Gasteiger partial charge in [0, 0.05) is 18.5 Å². The molecule has 0 radical (unpaired) electrons. The van der Waals surface area contributed by atoms with E-state index in [0.717, 1.165) is 26.3 Å². The third kappa shape index (κ3) is 2.10. The average molecular weight is 246 g/mol. The first-order valence-electron chi connectivity index (χ1n) is 4.11. The summed E-state index contributed by atoms with van der Waals surface area (Å²) in [5, 5.41) is 11.1. The highest BCUT2D eigenvalue weighted by Crippen LogP contribution is 2.28. The van der Waals surface area contributed by atoms with Crippen LogP contribution in [0, 0.1) is 6.92 Å². The van der Waals surface area contributed by atoms with Crippen molar-refractivity contribution in [2.75, 3.05) is 5.88 Å². The van der Waals surface area contributed by atoms with Crippen molar-refractivity contribution in [2.45, 2.75) is 13.3 Å². The molecule has 0 aliphatic carbocycles. The third-order valence-electron chi connectivity index (χ3n) is 1.61. The number of aromatic nitrogens is 3. The highest BCUT2D eigenvalue weighted by Gasteiger charge is 2.08. The Hall–Kier alpha value is -0.520. The topological polar surface area (TPSA) is 38.7 Å². The van der Waals surface area contributed by atoms with Crippen LogP contribution in [0.25, 0.3) is 9.88 Å². The van der Waals surface area contributed by atoms with Crippen LogP contribution in [0.2, 0.25) is 0 Å². The summed E-state index contributed by atoms with van der Waals surface area (Å²) in [6.45, 7) is 1.98. The van der Waals surface area contributed by atoms with Crippen molar-refractivity contribution < 1.29 is 0 Å². The summed E-state index contributed by atoms with van der Waals surface area (Å²) in [5.74, 6) is 0.594. The summed E-state index contributed by atoms with van der Waals surface area (Å²) >= 11 is 8.85. The van der Waals surface area contributed by atoms with E-state index in [1.807, 2.05) is 13.1 Å². The molecule has 0 amide bonds. The molecule has 0 fully saturated rings. The van der Waals surface area contributed by atoms with Gasteiger partial charge in [0.25, 0.3) is 0 Å². The summed E-state index contributed by atoms with van der Waals surface area (Å²) in [7, 11) is 0. The number of thiazole rings is 1. The normalized spacial score (nSPS) is 10.7. The lowest BCUT2D eigenvalue weighted by molar-refractivity contribution is 0.990. The molecule has 2 aromatic rings. The Morgan fingerprint density at radius 1 is 1.36 bits per heavy atom. The number of hydrogen-bond acceptors (Lipinski definition) is 5. The highest BCUT2D eigenvalue weighted by molar-refractivity contribution is 7.21. The number of alkyl halides is 1. The molecule has 0 N–H and O–H groups in total. The van der Waals surface area contributed by atoms with Crippen LogP contribution in [0.4, 0.5) is 0 Å². The van der Waals surface area contributed by atoms with Gasteiger partial charge in [-0.25, -0.2) is 4.98 Å². The quantitative estimate of drug-likeness (QED) is 0.781. The molecule has 0 saturated heterocycles. The second-order valence-corrected chi connectivity index (χ2v) is 5.36. The summed E-state index contributed by atoms with van der Waals surface area (Å²) < 4.78 is 0. The minimum absolute atomic E-state index is 0.594. The van der Waals surface area contributed by atoms with Crippen molar-refractivity contribution in [1.82, 2.24) is 15.2 Å². The highest BCUT2D eigenvalue weighted by atomic mass is 35.5. The molecule has 0 aliphatic heterocycles. The second-order valence-electron chi connectivity index (χ2n) is 2.68. The molecule has 0 unspecified atom stereocenters. The van der Waals surface area contributed by atoms with E-state index < -0.39 is 0 Å². The molecule has 74 valence electrons. The summed E-state index contributed by atoms with van der Waals surface area (Å²) in [6.07, 6.45) is 2.63. The van der Waals surface area contributed by atoms with Crippen LogP contribution in [0.1, 0.15) is 10.0 Å². The van der Waals surface area contributed by atoms with Gasteiger partial charge in [0.2, 0.25) is 0 Å². The molecule has 14 heavy (non-hydrogen) atoms. The Morgan fingerprint density at radius 2 is 2.21 bits per heavy atom. The van der Waals surface area contributed by atoms with E-state index in [2.05, 4.69) is 15.2 Å². The molecule has 2 aromatic heterocycles. The lowest BCUT2D eigenvalue weighted by Crippen LogP contribution is -1.82. The van der Waals surface area contributed by atoms with Gasteiger partial charge in [-0.05, 0) is 6.92 Å². The van der Waals surface area contributed by atoms with Gasteiger partial charge in [0.1, 0.15) is 5.01 Å². The van der Waals surface area contributed by atoms with E-state index in [0.29, 0.717) is 5.88 Å². The maximum absolute atomic E-state index is 5.62. The van der Waals surface area contributed by atoms with E-state index in [-0.39, 0.29) is 0 Å². The minimum atomic E-state index is 0.594. The van der Waals surface area contributed by atoms with Gasteiger partial charge in [-0.2, -0.15) is 0 Å². The number of rotatable bonds is 3. The fraction of sp³-hybridized carbons (Fsp3) is 0.375. The minimum Gasteiger partial charge on any atom is -0.249 e. The van der Waals surface area contributed by atoms with Gasteiger partial charge in [0.05, 0.1) is 9.88 Å². The van der Waals surface area contributed by atoms with Gasteiger partial charge < -0.3 is 0 Å². The van der Waals surface area contributed by atoms with E-state index in [4.69, 9.17) is 11.6 Å². The van der Waals surface area contributed by atoms with Crippen molar-refractivity contribution >= 4 is 34.3 Å². The molecule has 0 spiro atoms. The van der Waals surface area contributed by atoms with Crippen molar-refractivity contribution in [2.24, 2.45) is 0 Å². The number of halogens is 1. The van der Waals surface area contributed by atoms with Gasteiger partial charge in [0.15, 0.2) is 5.01 Å². The summed E-state index contributed by atoms with van der Waals surface area (Å²) in [5.41, 5.74) is 0. The molecule has 0 aromatic carbocycles. The molecular weight excluding hydrogens is 238 g/mol. The van der Waals surface area contributed by atoms with Crippen molar-refractivity contribution in [3.05, 3.63) is 16.2 Å². The molecule has 0 saturated carbocycles. The lowest BCUT2D eigenvalue weighted by Gasteiger charge is -1.84. The summed E-state index contributed by atoms with van der Waals surface area (Å²) in [4.78, 5) is 5.26. The smallest absolute Gasteiger partial charge is 0.159 e. The van der Waals surface area contributed by atoms with Gasteiger partial charge in [-0.15, -0.1) is 33.1 Å². The Kier molecular flexibility index (Phi) is 3.10. The summed E-state index contributed by atoms with van der Waals surface area (Å²) in [6, 6.07) is 0. The average Bonchev–Trinajstić information content (AvgIpc) is 2.74. The predicted octanol–water partition coefficient (Wildman–Crippen LogP) is 2.75. The maximum atomic E-state index is 5.62. The molecule has 3 nitrogen and oxygen atoms in total.